The summed E-state index contributed by atoms with van der Waals surface area (Å²) in [6.07, 6.45) is 1.11. The van der Waals surface area contributed by atoms with E-state index in [1.54, 1.807) is 13.8 Å². The number of nitrogens with two attached hydrogens (primary N) is 1. The number of aliphatic imine (C=N–C) groups is 1. The maximum atomic E-state index is 11.2. The Morgan fingerprint density at radius 1 is 1.30 bits per heavy atom. The molecule has 112 valence electrons. The highest BCUT2D eigenvalue weighted by molar-refractivity contribution is 7.88. The topological polar surface area (TPSA) is 109 Å². The highest BCUT2D eigenvalue weighted by Gasteiger charge is 2.21. The minimum atomic E-state index is -3.29. The molecular formula is C12H21N5O2S. The van der Waals surface area contributed by atoms with Crippen LogP contribution in [0.25, 0.3) is 0 Å². The molecule has 5 N–H and O–H groups in total. The fourth-order valence-electron chi connectivity index (χ4n) is 1.59. The van der Waals surface area contributed by atoms with Crippen LogP contribution in [-0.2, 0) is 10.0 Å². The Balaban J connectivity index is 2.70. The van der Waals surface area contributed by atoms with Gasteiger partial charge in [0.2, 0.25) is 16.0 Å². The highest BCUT2D eigenvalue weighted by Crippen LogP contribution is 2.07. The minimum Gasteiger partial charge on any atom is -0.325 e. The van der Waals surface area contributed by atoms with E-state index in [9.17, 15) is 8.42 Å². The van der Waals surface area contributed by atoms with Crippen LogP contribution in [0.1, 0.15) is 13.8 Å². The Kier molecular flexibility index (Phi) is 5.49. The molecule has 0 heterocycles. The van der Waals surface area contributed by atoms with Crippen molar-refractivity contribution in [2.75, 3.05) is 18.1 Å². The van der Waals surface area contributed by atoms with Crippen LogP contribution in [0.5, 0.6) is 0 Å². The molecule has 0 unspecified atom stereocenters. The van der Waals surface area contributed by atoms with Crippen LogP contribution < -0.4 is 21.3 Å². The second-order valence-corrected chi connectivity index (χ2v) is 6.81. The van der Waals surface area contributed by atoms with Gasteiger partial charge in [0.05, 0.1) is 12.8 Å². The summed E-state index contributed by atoms with van der Waals surface area (Å²) in [6.45, 7) is 3.72. The number of para-hydroxylation sites is 1. The van der Waals surface area contributed by atoms with Gasteiger partial charge in [0.25, 0.3) is 0 Å². The molecule has 0 bridgehead atoms. The van der Waals surface area contributed by atoms with Gasteiger partial charge < -0.3 is 5.32 Å². The second-order valence-electron chi connectivity index (χ2n) is 5.06. The highest BCUT2D eigenvalue weighted by atomic mass is 32.2. The maximum absolute atomic E-state index is 11.2. The first-order valence-electron chi connectivity index (χ1n) is 6.04. The van der Waals surface area contributed by atoms with Gasteiger partial charge in [-0.25, -0.2) is 24.0 Å². The third-order valence-corrected chi connectivity index (χ3v) is 3.19. The summed E-state index contributed by atoms with van der Waals surface area (Å²) in [7, 11) is -3.29. The molecule has 0 fully saturated rings. The van der Waals surface area contributed by atoms with Gasteiger partial charge in [0.15, 0.2) is 0 Å². The van der Waals surface area contributed by atoms with E-state index in [1.807, 2.05) is 30.3 Å². The van der Waals surface area contributed by atoms with E-state index in [4.69, 9.17) is 5.84 Å². The summed E-state index contributed by atoms with van der Waals surface area (Å²) < 4.78 is 25.0. The third-order valence-electron chi connectivity index (χ3n) is 2.27. The normalized spacial score (nSPS) is 13.1. The first-order chi connectivity index (χ1) is 9.22. The molecular weight excluding hydrogens is 278 g/mol. The standard InChI is InChI=1S/C12H21N5O2S/c1-12(2,17-20(3,18)19)9-14-11(16-13)15-10-7-5-4-6-8-10/h4-8,17H,9,13H2,1-3H3,(H2,14,15,16). The SMILES string of the molecule is CC(C)(CN=C(NN)Nc1ccccc1)NS(C)(=O)=O. The molecule has 0 saturated carbocycles. The van der Waals surface area contributed by atoms with Crippen molar-refractivity contribution < 1.29 is 8.42 Å². The lowest BCUT2D eigenvalue weighted by Crippen LogP contribution is -2.46. The van der Waals surface area contributed by atoms with E-state index in [0.717, 1.165) is 11.9 Å². The molecule has 0 aromatic heterocycles. The summed E-state index contributed by atoms with van der Waals surface area (Å²) in [6, 6.07) is 9.40. The van der Waals surface area contributed by atoms with Crippen molar-refractivity contribution in [2.24, 2.45) is 10.8 Å². The Hall–Kier alpha value is -1.64. The van der Waals surface area contributed by atoms with Crippen molar-refractivity contribution in [3.63, 3.8) is 0 Å². The van der Waals surface area contributed by atoms with Crippen LogP contribution in [0.2, 0.25) is 0 Å². The number of rotatable bonds is 5. The molecule has 0 saturated heterocycles. The molecule has 0 aliphatic carbocycles. The number of benzene rings is 1. The van der Waals surface area contributed by atoms with Gasteiger partial charge in [-0.05, 0) is 26.0 Å². The van der Waals surface area contributed by atoms with Crippen LogP contribution in [0, 0.1) is 0 Å². The second kappa shape index (κ2) is 6.69. The predicted octanol–water partition coefficient (Wildman–Crippen LogP) is 0.246. The van der Waals surface area contributed by atoms with E-state index in [-0.39, 0.29) is 6.54 Å². The largest absolute Gasteiger partial charge is 0.325 e. The number of sulfonamides is 1. The summed E-state index contributed by atoms with van der Waals surface area (Å²) in [4.78, 5) is 4.24. The Labute approximate surface area is 119 Å². The van der Waals surface area contributed by atoms with Gasteiger partial charge in [-0.2, -0.15) is 0 Å². The lowest BCUT2D eigenvalue weighted by Gasteiger charge is -2.23. The number of hydrogen-bond acceptors (Lipinski definition) is 4. The zero-order chi connectivity index (χ0) is 15.2. The van der Waals surface area contributed by atoms with Gasteiger partial charge in [0.1, 0.15) is 0 Å². The summed E-state index contributed by atoms with van der Waals surface area (Å²) in [5.41, 5.74) is 2.58. The van der Waals surface area contributed by atoms with Crippen LogP contribution in [0.3, 0.4) is 0 Å². The lowest BCUT2D eigenvalue weighted by atomic mass is 10.1. The molecule has 1 rings (SSSR count). The molecule has 20 heavy (non-hydrogen) atoms. The van der Waals surface area contributed by atoms with Crippen molar-refractivity contribution in [3.05, 3.63) is 30.3 Å². The van der Waals surface area contributed by atoms with Crippen LogP contribution >= 0.6 is 0 Å². The van der Waals surface area contributed by atoms with Crippen molar-refractivity contribution in [1.82, 2.24) is 10.1 Å². The fourth-order valence-corrected chi connectivity index (χ4v) is 2.66. The number of hydrazine groups is 1. The fraction of sp³-hybridized carbons (Fsp3) is 0.417. The van der Waals surface area contributed by atoms with E-state index in [2.05, 4.69) is 20.5 Å². The van der Waals surface area contributed by atoms with Crippen molar-refractivity contribution in [2.45, 2.75) is 19.4 Å². The monoisotopic (exact) mass is 299 g/mol. The molecule has 7 nitrogen and oxygen atoms in total. The van der Waals surface area contributed by atoms with Crippen LogP contribution in [0.4, 0.5) is 5.69 Å². The molecule has 0 aliphatic heterocycles. The van der Waals surface area contributed by atoms with E-state index in [0.29, 0.717) is 5.96 Å². The van der Waals surface area contributed by atoms with Gasteiger partial charge in [-0.15, -0.1) is 0 Å². The number of hydrogen-bond donors (Lipinski definition) is 4. The molecule has 8 heteroatoms. The number of anilines is 1. The Morgan fingerprint density at radius 2 is 1.90 bits per heavy atom. The molecule has 1 aromatic rings. The minimum absolute atomic E-state index is 0.236. The summed E-state index contributed by atoms with van der Waals surface area (Å²) in [5.74, 6) is 5.76. The van der Waals surface area contributed by atoms with Crippen LogP contribution in [-0.4, -0.2) is 32.7 Å². The van der Waals surface area contributed by atoms with Crippen molar-refractivity contribution >= 4 is 21.7 Å². The Bertz CT molecular complexity index is 554. The predicted molar refractivity (Wildman–Crippen MR) is 81.7 cm³/mol. The van der Waals surface area contributed by atoms with E-state index < -0.39 is 15.6 Å². The molecule has 0 spiro atoms. The molecule has 0 aliphatic rings. The average Bonchev–Trinajstić information content (AvgIpc) is 2.33. The number of nitrogens with zero attached hydrogens (tertiary/aromatic N) is 1. The van der Waals surface area contributed by atoms with Crippen molar-refractivity contribution in [3.8, 4) is 0 Å². The first-order valence-corrected chi connectivity index (χ1v) is 7.93. The third kappa shape index (κ3) is 6.50. The summed E-state index contributed by atoms with van der Waals surface area (Å²) >= 11 is 0. The number of nitrogens with one attached hydrogen (secondary N) is 3. The smallest absolute Gasteiger partial charge is 0.210 e. The van der Waals surface area contributed by atoms with Crippen molar-refractivity contribution in [1.29, 1.82) is 0 Å². The van der Waals surface area contributed by atoms with Gasteiger partial charge in [-0.3, -0.25) is 5.43 Å². The summed E-state index contributed by atoms with van der Waals surface area (Å²) in [5, 5.41) is 3.00. The van der Waals surface area contributed by atoms with E-state index >= 15 is 0 Å². The zero-order valence-corrected chi connectivity index (χ0v) is 12.7. The van der Waals surface area contributed by atoms with E-state index in [1.165, 1.54) is 0 Å². The van der Waals surface area contributed by atoms with Gasteiger partial charge >= 0.3 is 0 Å². The molecule has 1 aromatic carbocycles. The van der Waals surface area contributed by atoms with Gasteiger partial charge in [0, 0.05) is 11.2 Å². The van der Waals surface area contributed by atoms with Gasteiger partial charge in [-0.1, -0.05) is 18.2 Å². The molecule has 0 atom stereocenters. The average molecular weight is 299 g/mol. The maximum Gasteiger partial charge on any atom is 0.210 e. The zero-order valence-electron chi connectivity index (χ0n) is 11.8. The molecule has 0 amide bonds. The quantitative estimate of drug-likeness (QED) is 0.270. The lowest BCUT2D eigenvalue weighted by molar-refractivity contribution is 0.465. The molecule has 0 radical (unpaired) electrons. The number of guanidine groups is 1. The Morgan fingerprint density at radius 3 is 2.40 bits per heavy atom. The first kappa shape index (κ1) is 16.4. The van der Waals surface area contributed by atoms with Crippen LogP contribution in [0.15, 0.2) is 35.3 Å².